The van der Waals surface area contributed by atoms with Gasteiger partial charge in [0.1, 0.15) is 5.69 Å². The molecule has 0 aromatic heterocycles. The fourth-order valence-electron chi connectivity index (χ4n) is 3.42. The molecule has 0 saturated carbocycles. The Labute approximate surface area is 163 Å². The summed E-state index contributed by atoms with van der Waals surface area (Å²) >= 11 is 5.95. The van der Waals surface area contributed by atoms with Gasteiger partial charge in [-0.3, -0.25) is 14.9 Å². The quantitative estimate of drug-likeness (QED) is 0.590. The summed E-state index contributed by atoms with van der Waals surface area (Å²) in [5, 5.41) is 11.9. The van der Waals surface area contributed by atoms with Gasteiger partial charge in [0.15, 0.2) is 0 Å². The number of para-hydroxylation sites is 2. The second-order valence-corrected chi connectivity index (χ2v) is 7.59. The zero-order valence-corrected chi connectivity index (χ0v) is 16.1. The molecule has 3 rings (SSSR count). The zero-order chi connectivity index (χ0) is 19.6. The normalized spacial score (nSPS) is 14.9. The average molecular weight is 388 g/mol. The lowest BCUT2D eigenvalue weighted by molar-refractivity contribution is -0.384. The maximum absolute atomic E-state index is 13.1. The zero-order valence-electron chi connectivity index (χ0n) is 15.4. The minimum Gasteiger partial charge on any atom is -0.362 e. The Hall–Kier alpha value is -2.60. The van der Waals surface area contributed by atoms with Gasteiger partial charge in [-0.25, -0.2) is 0 Å². The van der Waals surface area contributed by atoms with Crippen LogP contribution in [0.2, 0.25) is 5.02 Å². The van der Waals surface area contributed by atoms with Gasteiger partial charge in [0.2, 0.25) is 5.91 Å². The van der Waals surface area contributed by atoms with Gasteiger partial charge in [-0.1, -0.05) is 35.9 Å². The van der Waals surface area contributed by atoms with E-state index >= 15 is 0 Å². The molecule has 1 aliphatic heterocycles. The Balaban J connectivity index is 1.71. The number of piperazine rings is 1. The first-order chi connectivity index (χ1) is 12.8. The molecule has 0 aliphatic carbocycles. The lowest BCUT2D eigenvalue weighted by Gasteiger charge is -2.39. The summed E-state index contributed by atoms with van der Waals surface area (Å²) in [6.07, 6.45) is 0. The van der Waals surface area contributed by atoms with Crippen molar-refractivity contribution in [2.24, 2.45) is 0 Å². The molecule has 1 aliphatic rings. The molecule has 0 N–H and O–H groups in total. The summed E-state index contributed by atoms with van der Waals surface area (Å²) in [5.74, 6) is 0.0482. The van der Waals surface area contributed by atoms with Crippen molar-refractivity contribution in [2.75, 3.05) is 31.1 Å². The minimum atomic E-state index is -0.661. The number of nitro benzene ring substituents is 1. The molecule has 1 amide bonds. The summed E-state index contributed by atoms with van der Waals surface area (Å²) in [6, 6.07) is 14.1. The van der Waals surface area contributed by atoms with E-state index in [1.54, 1.807) is 30.3 Å². The number of rotatable bonds is 4. The largest absolute Gasteiger partial charge is 0.362 e. The SMILES string of the molecule is CC(C)(C(=O)N1CCN(c2ccccc2[N+](=O)[O-])CC1)c1ccc(Cl)cc1. The van der Waals surface area contributed by atoms with E-state index in [9.17, 15) is 14.9 Å². The molecule has 0 radical (unpaired) electrons. The molecule has 0 unspecified atom stereocenters. The number of carbonyl (C=O) groups excluding carboxylic acids is 1. The van der Waals surface area contributed by atoms with E-state index < -0.39 is 5.41 Å². The van der Waals surface area contributed by atoms with Crippen molar-refractivity contribution in [3.05, 3.63) is 69.2 Å². The van der Waals surface area contributed by atoms with Crippen LogP contribution in [-0.4, -0.2) is 41.9 Å². The van der Waals surface area contributed by atoms with E-state index in [0.717, 1.165) is 5.56 Å². The van der Waals surface area contributed by atoms with Crippen LogP contribution in [0.15, 0.2) is 48.5 Å². The molecule has 6 nitrogen and oxygen atoms in total. The lowest BCUT2D eigenvalue weighted by atomic mass is 9.83. The summed E-state index contributed by atoms with van der Waals surface area (Å²) in [6.45, 7) is 6.00. The standard InChI is InChI=1S/C20H22ClN3O3/c1-20(2,15-7-9-16(21)10-8-15)19(25)23-13-11-22(12-14-23)17-5-3-4-6-18(17)24(26)27/h3-10H,11-14H2,1-2H3. The Morgan fingerprint density at radius 3 is 2.22 bits per heavy atom. The van der Waals surface area contributed by atoms with Crippen LogP contribution in [0, 0.1) is 10.1 Å². The lowest BCUT2D eigenvalue weighted by Crippen LogP contribution is -2.53. The molecule has 0 bridgehead atoms. The summed E-state index contributed by atoms with van der Waals surface area (Å²) < 4.78 is 0. The average Bonchev–Trinajstić information content (AvgIpc) is 2.68. The number of anilines is 1. The molecule has 7 heteroatoms. The van der Waals surface area contributed by atoms with Crippen molar-refractivity contribution < 1.29 is 9.72 Å². The molecule has 2 aromatic rings. The van der Waals surface area contributed by atoms with Crippen LogP contribution < -0.4 is 4.90 Å². The van der Waals surface area contributed by atoms with Crippen LogP contribution in [-0.2, 0) is 10.2 Å². The van der Waals surface area contributed by atoms with Crippen molar-refractivity contribution >= 4 is 28.9 Å². The van der Waals surface area contributed by atoms with Crippen molar-refractivity contribution in [2.45, 2.75) is 19.3 Å². The molecule has 1 saturated heterocycles. The highest BCUT2D eigenvalue weighted by Crippen LogP contribution is 2.30. The first kappa shape index (κ1) is 19.2. The van der Waals surface area contributed by atoms with Crippen LogP contribution >= 0.6 is 11.6 Å². The third kappa shape index (κ3) is 3.90. The summed E-state index contributed by atoms with van der Waals surface area (Å²) in [4.78, 5) is 27.8. The van der Waals surface area contributed by atoms with Crippen LogP contribution in [0.3, 0.4) is 0 Å². The highest BCUT2D eigenvalue weighted by molar-refractivity contribution is 6.30. The third-order valence-corrected chi connectivity index (χ3v) is 5.34. The smallest absolute Gasteiger partial charge is 0.292 e. The number of hydrogen-bond donors (Lipinski definition) is 0. The first-order valence-corrected chi connectivity index (χ1v) is 9.22. The van der Waals surface area contributed by atoms with Gasteiger partial charge >= 0.3 is 0 Å². The van der Waals surface area contributed by atoms with Gasteiger partial charge < -0.3 is 9.80 Å². The Morgan fingerprint density at radius 1 is 1.04 bits per heavy atom. The Bertz CT molecular complexity index is 844. The summed E-state index contributed by atoms with van der Waals surface area (Å²) in [5.41, 5.74) is 0.953. The second-order valence-electron chi connectivity index (χ2n) is 7.16. The molecule has 142 valence electrons. The van der Waals surface area contributed by atoms with Gasteiger partial charge in [0.05, 0.1) is 10.3 Å². The van der Waals surface area contributed by atoms with Gasteiger partial charge in [0, 0.05) is 37.3 Å². The maximum Gasteiger partial charge on any atom is 0.292 e. The van der Waals surface area contributed by atoms with Crippen molar-refractivity contribution in [3.63, 3.8) is 0 Å². The number of benzene rings is 2. The van der Waals surface area contributed by atoms with E-state index in [1.807, 2.05) is 35.8 Å². The van der Waals surface area contributed by atoms with Gasteiger partial charge in [-0.2, -0.15) is 0 Å². The molecule has 0 atom stereocenters. The topological polar surface area (TPSA) is 66.7 Å². The van der Waals surface area contributed by atoms with E-state index in [0.29, 0.717) is 36.9 Å². The number of halogens is 1. The third-order valence-electron chi connectivity index (χ3n) is 5.09. The number of carbonyl (C=O) groups is 1. The number of nitro groups is 1. The predicted molar refractivity (Wildman–Crippen MR) is 106 cm³/mol. The van der Waals surface area contributed by atoms with Crippen LogP contribution in [0.4, 0.5) is 11.4 Å². The Kier molecular flexibility index (Phi) is 5.37. The highest BCUT2D eigenvalue weighted by Gasteiger charge is 2.35. The summed E-state index contributed by atoms with van der Waals surface area (Å²) in [7, 11) is 0. The van der Waals surface area contributed by atoms with Crippen molar-refractivity contribution in [1.82, 2.24) is 4.90 Å². The van der Waals surface area contributed by atoms with Gasteiger partial charge in [-0.05, 0) is 37.6 Å². The Morgan fingerprint density at radius 2 is 1.63 bits per heavy atom. The highest BCUT2D eigenvalue weighted by atomic mass is 35.5. The molecule has 1 fully saturated rings. The fraction of sp³-hybridized carbons (Fsp3) is 0.350. The second kappa shape index (κ2) is 7.56. The number of hydrogen-bond acceptors (Lipinski definition) is 4. The van der Waals surface area contributed by atoms with E-state index in [-0.39, 0.29) is 16.5 Å². The van der Waals surface area contributed by atoms with E-state index in [4.69, 9.17) is 11.6 Å². The van der Waals surface area contributed by atoms with E-state index in [1.165, 1.54) is 6.07 Å². The van der Waals surface area contributed by atoms with E-state index in [2.05, 4.69) is 0 Å². The van der Waals surface area contributed by atoms with Crippen LogP contribution in [0.1, 0.15) is 19.4 Å². The molecular weight excluding hydrogens is 366 g/mol. The van der Waals surface area contributed by atoms with Crippen molar-refractivity contribution in [1.29, 1.82) is 0 Å². The van der Waals surface area contributed by atoms with Crippen molar-refractivity contribution in [3.8, 4) is 0 Å². The molecular formula is C20H22ClN3O3. The minimum absolute atomic E-state index is 0.0482. The van der Waals surface area contributed by atoms with Crippen LogP contribution in [0.25, 0.3) is 0 Å². The first-order valence-electron chi connectivity index (χ1n) is 8.84. The molecule has 27 heavy (non-hydrogen) atoms. The molecule has 0 spiro atoms. The molecule has 2 aromatic carbocycles. The molecule has 1 heterocycles. The van der Waals surface area contributed by atoms with Gasteiger partial charge in [0.25, 0.3) is 5.69 Å². The monoisotopic (exact) mass is 387 g/mol. The number of nitrogens with zero attached hydrogens (tertiary/aromatic N) is 3. The van der Waals surface area contributed by atoms with Gasteiger partial charge in [-0.15, -0.1) is 0 Å². The maximum atomic E-state index is 13.1. The van der Waals surface area contributed by atoms with Crippen LogP contribution in [0.5, 0.6) is 0 Å². The predicted octanol–water partition coefficient (Wildman–Crippen LogP) is 3.87. The number of amides is 1. The fourth-order valence-corrected chi connectivity index (χ4v) is 3.55.